The summed E-state index contributed by atoms with van der Waals surface area (Å²) in [5.74, 6) is -4.79. The lowest BCUT2D eigenvalue weighted by Crippen LogP contribution is -2.51. The number of nitrogens with zero attached hydrogens (tertiary/aromatic N) is 1. The van der Waals surface area contributed by atoms with E-state index in [0.29, 0.717) is 0 Å². The number of anilines is 1. The number of ether oxygens (including phenoxy) is 2. The van der Waals surface area contributed by atoms with Crippen molar-refractivity contribution in [2.75, 3.05) is 25.6 Å². The van der Waals surface area contributed by atoms with E-state index >= 15 is 0 Å². The molecule has 10 nitrogen and oxygen atoms in total. The third-order valence-corrected chi connectivity index (χ3v) is 6.88. The molecule has 0 aromatic heterocycles. The Hall–Kier alpha value is -3.36. The van der Waals surface area contributed by atoms with E-state index < -0.39 is 84.9 Å². The molecule has 15 heteroatoms. The zero-order valence-corrected chi connectivity index (χ0v) is 23.1. The summed E-state index contributed by atoms with van der Waals surface area (Å²) in [6, 6.07) is -1.56. The molecule has 4 amide bonds. The number of phenols is 1. The van der Waals surface area contributed by atoms with Gasteiger partial charge in [0, 0.05) is 20.0 Å². The summed E-state index contributed by atoms with van der Waals surface area (Å²) in [6.45, 7) is 3.95. The maximum absolute atomic E-state index is 13.8. The third-order valence-electron chi connectivity index (χ3n) is 6.88. The van der Waals surface area contributed by atoms with Gasteiger partial charge in [0.1, 0.15) is 23.4 Å². The first kappa shape index (κ1) is 32.2. The molecule has 1 aromatic rings. The summed E-state index contributed by atoms with van der Waals surface area (Å²) < 4.78 is 77.7. The van der Waals surface area contributed by atoms with Gasteiger partial charge < -0.3 is 35.4 Å². The topological polar surface area (TPSA) is 129 Å². The van der Waals surface area contributed by atoms with Crippen molar-refractivity contribution < 1.29 is 50.9 Å². The molecule has 2 fully saturated rings. The Labute approximate surface area is 233 Å². The van der Waals surface area contributed by atoms with Crippen LogP contribution >= 0.6 is 0 Å². The summed E-state index contributed by atoms with van der Waals surface area (Å²) in [7, 11) is 1.30. The van der Waals surface area contributed by atoms with E-state index in [9.17, 15) is 41.4 Å². The molecule has 0 bridgehead atoms. The van der Waals surface area contributed by atoms with Gasteiger partial charge >= 0.3 is 18.3 Å². The molecule has 0 unspecified atom stereocenters. The Morgan fingerprint density at radius 2 is 1.83 bits per heavy atom. The monoisotopic (exact) mass is 594 g/mol. The highest BCUT2D eigenvalue weighted by Gasteiger charge is 2.48. The van der Waals surface area contributed by atoms with Crippen molar-refractivity contribution in [3.63, 3.8) is 0 Å². The van der Waals surface area contributed by atoms with Crippen LogP contribution in [0.1, 0.15) is 58.1 Å². The number of rotatable bonds is 8. The molecule has 0 radical (unpaired) electrons. The van der Waals surface area contributed by atoms with E-state index in [1.54, 1.807) is 20.8 Å². The standard InChI is InChI=1S/C26H35F5N4O6/c1-24(2,3)41-23(39)34-20(14-7-9-25(27,28)10-8-14)21(37)32-16-11-15(5-6-18(16)36)17(13-40-4)35-12-19(26(29,30)31)33-22(35)38/h5-6,11,14,17,19-20,36H,7-10,12-13H2,1-4H3,(H,32,37)(H,33,38)(H,34,39)/t17-,19-,20-/m0/s1. The summed E-state index contributed by atoms with van der Waals surface area (Å²) in [5, 5.41) is 17.3. The normalized spacial score (nSPS) is 21.1. The number of methoxy groups -OCH3 is 1. The summed E-state index contributed by atoms with van der Waals surface area (Å²) in [6.07, 6.45) is -6.69. The van der Waals surface area contributed by atoms with E-state index in [0.717, 1.165) is 4.90 Å². The minimum atomic E-state index is -4.67. The first-order chi connectivity index (χ1) is 18.9. The van der Waals surface area contributed by atoms with E-state index in [1.807, 2.05) is 5.32 Å². The quantitative estimate of drug-likeness (QED) is 0.255. The number of phenolic OH excluding ortho intramolecular Hbond substituents is 1. The van der Waals surface area contributed by atoms with E-state index in [4.69, 9.17) is 9.47 Å². The molecule has 1 aromatic carbocycles. The third kappa shape index (κ3) is 8.57. The highest BCUT2D eigenvalue weighted by Crippen LogP contribution is 2.38. The van der Waals surface area contributed by atoms with Crippen LogP contribution in [0.5, 0.6) is 5.75 Å². The largest absolute Gasteiger partial charge is 0.506 e. The van der Waals surface area contributed by atoms with Crippen molar-refractivity contribution in [1.82, 2.24) is 15.5 Å². The molecule has 3 atom stereocenters. The van der Waals surface area contributed by atoms with Gasteiger partial charge in [-0.2, -0.15) is 13.2 Å². The van der Waals surface area contributed by atoms with E-state index in [1.165, 1.54) is 25.3 Å². The molecule has 1 aliphatic heterocycles. The molecule has 1 saturated heterocycles. The number of halogens is 5. The number of benzene rings is 1. The van der Waals surface area contributed by atoms with Crippen molar-refractivity contribution in [3.05, 3.63) is 23.8 Å². The number of carbonyl (C=O) groups is 3. The minimum absolute atomic E-state index is 0.0622. The van der Waals surface area contributed by atoms with E-state index in [-0.39, 0.29) is 30.7 Å². The molecule has 1 heterocycles. The lowest BCUT2D eigenvalue weighted by molar-refractivity contribution is -0.150. The lowest BCUT2D eigenvalue weighted by atomic mass is 9.81. The number of alkyl carbamates (subject to hydrolysis) is 1. The second kappa shape index (κ2) is 12.2. The van der Waals surface area contributed by atoms with Gasteiger partial charge in [-0.15, -0.1) is 0 Å². The number of alkyl halides is 5. The van der Waals surface area contributed by atoms with Crippen molar-refractivity contribution in [1.29, 1.82) is 0 Å². The molecule has 1 aliphatic carbocycles. The van der Waals surface area contributed by atoms with Gasteiger partial charge in [0.05, 0.1) is 24.9 Å². The number of hydrogen-bond acceptors (Lipinski definition) is 6. The molecular weight excluding hydrogens is 559 g/mol. The number of hydrogen-bond donors (Lipinski definition) is 4. The molecule has 1 saturated carbocycles. The smallest absolute Gasteiger partial charge is 0.410 e. The summed E-state index contributed by atoms with van der Waals surface area (Å²) in [5.41, 5.74) is -0.828. The molecule has 4 N–H and O–H groups in total. The first-order valence-corrected chi connectivity index (χ1v) is 13.0. The van der Waals surface area contributed by atoms with Crippen LogP contribution in [0.3, 0.4) is 0 Å². The highest BCUT2D eigenvalue weighted by molar-refractivity contribution is 5.98. The number of urea groups is 1. The number of amides is 4. The lowest BCUT2D eigenvalue weighted by Gasteiger charge is -2.34. The fraction of sp³-hybridized carbons (Fsp3) is 0.654. The summed E-state index contributed by atoms with van der Waals surface area (Å²) in [4.78, 5) is 39.2. The van der Waals surface area contributed by atoms with Gasteiger partial charge in [-0.3, -0.25) is 4.79 Å². The maximum atomic E-state index is 13.8. The predicted molar refractivity (Wildman–Crippen MR) is 136 cm³/mol. The Morgan fingerprint density at radius 3 is 2.37 bits per heavy atom. The van der Waals surface area contributed by atoms with Crippen LogP contribution in [0.2, 0.25) is 0 Å². The van der Waals surface area contributed by atoms with Gasteiger partial charge in [0.25, 0.3) is 0 Å². The Bertz CT molecular complexity index is 1120. The second-order valence-electron chi connectivity index (χ2n) is 11.3. The van der Waals surface area contributed by atoms with Gasteiger partial charge in [0.15, 0.2) is 0 Å². The molecule has 41 heavy (non-hydrogen) atoms. The van der Waals surface area contributed by atoms with Crippen LogP contribution in [-0.4, -0.2) is 78.1 Å². The van der Waals surface area contributed by atoms with Crippen LogP contribution in [0.4, 0.5) is 37.2 Å². The van der Waals surface area contributed by atoms with Crippen LogP contribution in [-0.2, 0) is 14.3 Å². The highest BCUT2D eigenvalue weighted by atomic mass is 19.4. The van der Waals surface area contributed by atoms with Gasteiger partial charge in [-0.25, -0.2) is 18.4 Å². The molecule has 3 rings (SSSR count). The fourth-order valence-corrected chi connectivity index (χ4v) is 4.83. The average Bonchev–Trinajstić information content (AvgIpc) is 3.23. The summed E-state index contributed by atoms with van der Waals surface area (Å²) >= 11 is 0. The van der Waals surface area contributed by atoms with Crippen LogP contribution in [0.25, 0.3) is 0 Å². The van der Waals surface area contributed by atoms with Crippen LogP contribution < -0.4 is 16.0 Å². The van der Waals surface area contributed by atoms with Gasteiger partial charge in [-0.05, 0) is 57.2 Å². The maximum Gasteiger partial charge on any atom is 0.410 e. The SMILES string of the molecule is COC[C@@H](c1ccc(O)c(NC(=O)[C@@H](NC(=O)OC(C)(C)C)C2CCC(F)(F)CC2)c1)N1C[C@@H](C(F)(F)F)NC1=O. The van der Waals surface area contributed by atoms with Crippen molar-refractivity contribution in [2.24, 2.45) is 5.92 Å². The number of aromatic hydroxyl groups is 1. The minimum Gasteiger partial charge on any atom is -0.506 e. The molecule has 230 valence electrons. The number of carbonyl (C=O) groups excluding carboxylic acids is 3. The Balaban J connectivity index is 1.85. The zero-order valence-electron chi connectivity index (χ0n) is 23.1. The van der Waals surface area contributed by atoms with E-state index in [2.05, 4.69) is 10.6 Å². The Kier molecular flexibility index (Phi) is 9.61. The zero-order chi connectivity index (χ0) is 30.8. The molecular formula is C26H35F5N4O6. The van der Waals surface area contributed by atoms with Crippen molar-refractivity contribution >= 4 is 23.7 Å². The van der Waals surface area contributed by atoms with Crippen molar-refractivity contribution in [2.45, 2.75) is 82.3 Å². The van der Waals surface area contributed by atoms with Crippen molar-refractivity contribution in [3.8, 4) is 5.75 Å². The van der Waals surface area contributed by atoms with Gasteiger partial charge in [-0.1, -0.05) is 6.07 Å². The molecule has 0 spiro atoms. The predicted octanol–water partition coefficient (Wildman–Crippen LogP) is 4.69. The molecule has 2 aliphatic rings. The Morgan fingerprint density at radius 1 is 1.20 bits per heavy atom. The fourth-order valence-electron chi connectivity index (χ4n) is 4.83. The van der Waals surface area contributed by atoms with Gasteiger partial charge in [0.2, 0.25) is 11.8 Å². The van der Waals surface area contributed by atoms with Crippen LogP contribution in [0.15, 0.2) is 18.2 Å². The first-order valence-electron chi connectivity index (χ1n) is 13.0. The average molecular weight is 595 g/mol. The number of nitrogens with one attached hydrogen (secondary N) is 3. The van der Waals surface area contributed by atoms with Crippen LogP contribution in [0, 0.1) is 5.92 Å². The second-order valence-corrected chi connectivity index (χ2v) is 11.3.